The number of benzene rings is 2. The molecule has 146 valence electrons. The van der Waals surface area contributed by atoms with Crippen molar-refractivity contribution in [2.45, 2.75) is 20.3 Å². The Bertz CT molecular complexity index is 1280. The predicted molar refractivity (Wildman–Crippen MR) is 116 cm³/mol. The summed E-state index contributed by atoms with van der Waals surface area (Å²) in [6.45, 7) is 3.45. The number of hydrogen-bond acceptors (Lipinski definition) is 5. The highest BCUT2D eigenvalue weighted by atomic mass is 79.9. The number of carbonyl (C=O) groups is 2. The summed E-state index contributed by atoms with van der Waals surface area (Å²) < 4.78 is 2.97. The van der Waals surface area contributed by atoms with Gasteiger partial charge in [-0.2, -0.15) is 10.1 Å². The predicted octanol–water partition coefficient (Wildman–Crippen LogP) is 3.97. The van der Waals surface area contributed by atoms with Crippen LogP contribution in [0.1, 0.15) is 29.5 Å². The molecule has 3 aromatic rings. The van der Waals surface area contributed by atoms with Crippen molar-refractivity contribution >= 4 is 60.3 Å². The lowest BCUT2D eigenvalue weighted by atomic mass is 10.1. The van der Waals surface area contributed by atoms with Crippen LogP contribution in [0.4, 0.5) is 0 Å². The molecule has 1 aliphatic heterocycles. The van der Waals surface area contributed by atoms with Gasteiger partial charge >= 0.3 is 0 Å². The monoisotopic (exact) mass is 516 g/mol. The van der Waals surface area contributed by atoms with Gasteiger partial charge in [0.15, 0.2) is 0 Å². The zero-order valence-corrected chi connectivity index (χ0v) is 18.6. The summed E-state index contributed by atoms with van der Waals surface area (Å²) in [6.07, 6.45) is 0.145. The fourth-order valence-electron chi connectivity index (χ4n) is 3.22. The summed E-state index contributed by atoms with van der Waals surface area (Å²) in [5.74, 6) is -0.329. The van der Waals surface area contributed by atoms with Crippen molar-refractivity contribution in [3.63, 3.8) is 0 Å². The highest BCUT2D eigenvalue weighted by Crippen LogP contribution is 2.26. The highest BCUT2D eigenvalue weighted by Gasteiger charge is 2.28. The van der Waals surface area contributed by atoms with Crippen LogP contribution in [0.5, 0.6) is 0 Å². The Morgan fingerprint density at radius 1 is 1.07 bits per heavy atom. The third kappa shape index (κ3) is 3.44. The zero-order valence-electron chi connectivity index (χ0n) is 15.4. The molecule has 2 amide bonds. The minimum Gasteiger partial charge on any atom is -0.272 e. The Morgan fingerprint density at radius 2 is 1.76 bits per heavy atom. The van der Waals surface area contributed by atoms with Gasteiger partial charge < -0.3 is 0 Å². The van der Waals surface area contributed by atoms with Gasteiger partial charge in [-0.3, -0.25) is 19.0 Å². The summed E-state index contributed by atoms with van der Waals surface area (Å²) in [7, 11) is 0. The van der Waals surface area contributed by atoms with Gasteiger partial charge in [0, 0.05) is 20.2 Å². The molecule has 0 spiro atoms. The topological polar surface area (TPSA) is 84.6 Å². The minimum atomic E-state index is -0.494. The first kappa shape index (κ1) is 19.7. The lowest BCUT2D eigenvalue weighted by Gasteiger charge is -2.13. The van der Waals surface area contributed by atoms with Gasteiger partial charge in [0.25, 0.3) is 17.4 Å². The van der Waals surface area contributed by atoms with E-state index in [9.17, 15) is 14.4 Å². The average molecular weight is 518 g/mol. The summed E-state index contributed by atoms with van der Waals surface area (Å²) in [4.78, 5) is 42.1. The van der Waals surface area contributed by atoms with E-state index in [0.717, 1.165) is 14.0 Å². The number of halogens is 2. The van der Waals surface area contributed by atoms with Crippen molar-refractivity contribution in [1.82, 2.24) is 14.6 Å². The van der Waals surface area contributed by atoms with E-state index in [1.807, 2.05) is 6.07 Å². The molecular formula is C20H14Br2N4O3. The highest BCUT2D eigenvalue weighted by molar-refractivity contribution is 9.11. The second-order valence-corrected chi connectivity index (χ2v) is 8.42. The summed E-state index contributed by atoms with van der Waals surface area (Å²) in [5.41, 5.74) is 1.84. The minimum absolute atomic E-state index is 0.145. The molecule has 0 aliphatic carbocycles. The first-order valence-electron chi connectivity index (χ1n) is 8.66. The molecular weight excluding hydrogens is 504 g/mol. The van der Waals surface area contributed by atoms with E-state index < -0.39 is 5.91 Å². The van der Waals surface area contributed by atoms with Crippen LogP contribution >= 0.6 is 31.9 Å². The van der Waals surface area contributed by atoms with E-state index in [0.29, 0.717) is 33.7 Å². The third-order valence-corrected chi connectivity index (χ3v) is 5.60. The first-order valence-corrected chi connectivity index (χ1v) is 10.2. The van der Waals surface area contributed by atoms with Crippen molar-refractivity contribution in [3.8, 4) is 5.69 Å². The summed E-state index contributed by atoms with van der Waals surface area (Å²) in [6, 6.07) is 10.0. The maximum absolute atomic E-state index is 13.1. The maximum Gasteiger partial charge on any atom is 0.281 e. The first-order chi connectivity index (χ1) is 13.8. The average Bonchev–Trinajstić information content (AvgIpc) is 3.01. The number of hydrazone groups is 1. The number of nitrogens with zero attached hydrogens (tertiary/aromatic N) is 4. The largest absolute Gasteiger partial charge is 0.281 e. The second-order valence-electron chi connectivity index (χ2n) is 6.65. The molecule has 1 aromatic heterocycles. The maximum atomic E-state index is 13.1. The zero-order chi connectivity index (χ0) is 20.9. The van der Waals surface area contributed by atoms with Crippen LogP contribution in [0.15, 0.2) is 55.2 Å². The molecule has 1 aliphatic rings. The molecule has 0 radical (unpaired) electrons. The van der Waals surface area contributed by atoms with Crippen LogP contribution in [0.25, 0.3) is 16.6 Å². The van der Waals surface area contributed by atoms with Crippen molar-refractivity contribution in [1.29, 1.82) is 0 Å². The van der Waals surface area contributed by atoms with E-state index in [1.54, 1.807) is 44.2 Å². The molecule has 4 rings (SSSR count). The van der Waals surface area contributed by atoms with E-state index in [4.69, 9.17) is 0 Å². The molecule has 2 heterocycles. The van der Waals surface area contributed by atoms with Gasteiger partial charge in [0.1, 0.15) is 5.82 Å². The van der Waals surface area contributed by atoms with Crippen molar-refractivity contribution in [2.75, 3.05) is 0 Å². The molecule has 0 bridgehead atoms. The van der Waals surface area contributed by atoms with E-state index in [1.165, 1.54) is 4.57 Å². The number of hydrogen-bond donors (Lipinski definition) is 0. The van der Waals surface area contributed by atoms with Crippen LogP contribution in [-0.4, -0.2) is 32.1 Å². The van der Waals surface area contributed by atoms with Crippen molar-refractivity contribution < 1.29 is 9.59 Å². The Labute approximate surface area is 182 Å². The molecule has 9 heteroatoms. The SMILES string of the molecule is CC1=NN(C(=O)c2ccc(-n3c(C)nc4c(Br)cc(Br)cc4c3=O)cc2)C(=O)C1. The third-order valence-electron chi connectivity index (χ3n) is 4.54. The Morgan fingerprint density at radius 3 is 2.38 bits per heavy atom. The van der Waals surface area contributed by atoms with Gasteiger partial charge in [-0.25, -0.2) is 4.98 Å². The molecule has 2 aromatic carbocycles. The van der Waals surface area contributed by atoms with Gasteiger partial charge in [0.2, 0.25) is 0 Å². The molecule has 0 atom stereocenters. The molecule has 0 N–H and O–H groups in total. The molecule has 0 saturated heterocycles. The number of rotatable bonds is 2. The van der Waals surface area contributed by atoms with Crippen molar-refractivity contribution in [3.05, 3.63) is 67.1 Å². The van der Waals surface area contributed by atoms with Gasteiger partial charge in [-0.05, 0) is 66.2 Å². The number of imide groups is 1. The van der Waals surface area contributed by atoms with E-state index in [-0.39, 0.29) is 17.9 Å². The van der Waals surface area contributed by atoms with Gasteiger partial charge in [-0.15, -0.1) is 0 Å². The van der Waals surface area contributed by atoms with Crippen LogP contribution < -0.4 is 5.56 Å². The molecule has 29 heavy (non-hydrogen) atoms. The summed E-state index contributed by atoms with van der Waals surface area (Å²) >= 11 is 6.84. The quantitative estimate of drug-likeness (QED) is 0.481. The van der Waals surface area contributed by atoms with E-state index in [2.05, 4.69) is 41.9 Å². The van der Waals surface area contributed by atoms with E-state index >= 15 is 0 Å². The fourth-order valence-corrected chi connectivity index (χ4v) is 4.53. The van der Waals surface area contributed by atoms with Gasteiger partial charge in [-0.1, -0.05) is 15.9 Å². The molecule has 0 saturated carbocycles. The van der Waals surface area contributed by atoms with Crippen molar-refractivity contribution in [2.24, 2.45) is 5.10 Å². The van der Waals surface area contributed by atoms with Crippen LogP contribution in [0, 0.1) is 6.92 Å². The number of amides is 2. The Kier molecular flexibility index (Phi) is 4.95. The van der Waals surface area contributed by atoms with Crippen LogP contribution in [-0.2, 0) is 4.79 Å². The lowest BCUT2D eigenvalue weighted by Crippen LogP contribution is -2.28. The molecule has 0 fully saturated rings. The number of fused-ring (bicyclic) bond motifs is 1. The lowest BCUT2D eigenvalue weighted by molar-refractivity contribution is -0.126. The normalized spacial score (nSPS) is 13.9. The number of carbonyl (C=O) groups excluding carboxylic acids is 2. The fraction of sp³-hybridized carbons (Fsp3) is 0.150. The number of aryl methyl sites for hydroxylation is 1. The standard InChI is InChI=1S/C20H14Br2N4O3/c1-10-7-17(27)26(24-10)19(28)12-3-5-14(6-4-12)25-11(2)23-18-15(20(25)29)8-13(21)9-16(18)22/h3-6,8-9H,7H2,1-2H3. The molecule has 0 unspecified atom stereocenters. The van der Waals surface area contributed by atoms with Crippen LogP contribution in [0.3, 0.4) is 0 Å². The summed E-state index contributed by atoms with van der Waals surface area (Å²) in [5, 5.41) is 5.33. The Balaban J connectivity index is 1.77. The van der Waals surface area contributed by atoms with Crippen LogP contribution in [0.2, 0.25) is 0 Å². The second kappa shape index (κ2) is 7.31. The number of aromatic nitrogens is 2. The Hall–Kier alpha value is -2.65. The smallest absolute Gasteiger partial charge is 0.272 e. The van der Waals surface area contributed by atoms with Gasteiger partial charge in [0.05, 0.1) is 23.0 Å². The molecule has 7 nitrogen and oxygen atoms in total.